The first-order chi connectivity index (χ1) is 14.6. The van der Waals surface area contributed by atoms with Crippen molar-refractivity contribution >= 4 is 28.6 Å². The monoisotopic (exact) mass is 423 g/mol. The highest BCUT2D eigenvalue weighted by Gasteiger charge is 2.31. The molecule has 0 spiro atoms. The highest BCUT2D eigenvalue weighted by atomic mass is 16.5. The van der Waals surface area contributed by atoms with Crippen molar-refractivity contribution in [2.75, 3.05) is 11.9 Å². The van der Waals surface area contributed by atoms with Crippen LogP contribution in [0.15, 0.2) is 36.4 Å². The number of anilines is 1. The molecule has 0 atom stereocenters. The molecule has 0 aliphatic heterocycles. The first-order valence-corrected chi connectivity index (χ1v) is 9.95. The molecular weight excluding hydrogens is 398 g/mol. The zero-order chi connectivity index (χ0) is 22.9. The van der Waals surface area contributed by atoms with Crippen LogP contribution in [0, 0.1) is 37.1 Å². The lowest BCUT2D eigenvalue weighted by Gasteiger charge is -2.13. The normalized spacial score (nSPS) is 11.0. The first-order valence-electron chi connectivity index (χ1n) is 9.95. The van der Waals surface area contributed by atoms with Crippen molar-refractivity contribution in [3.05, 3.63) is 74.9 Å². The van der Waals surface area contributed by atoms with Gasteiger partial charge in [-0.3, -0.25) is 4.79 Å². The number of carbonyl (C=O) groups excluding carboxylic acids is 2. The van der Waals surface area contributed by atoms with Crippen LogP contribution in [-0.4, -0.2) is 18.5 Å². The second-order valence-corrected chi connectivity index (χ2v) is 7.99. The van der Waals surface area contributed by atoms with Crippen molar-refractivity contribution in [3.63, 3.8) is 0 Å². The van der Waals surface area contributed by atoms with E-state index in [4.69, 9.17) is 4.74 Å². The summed E-state index contributed by atoms with van der Waals surface area (Å²) in [6.45, 7) is 9.23. The average Bonchev–Trinajstić information content (AvgIpc) is 2.72. The van der Waals surface area contributed by atoms with Crippen LogP contribution in [-0.2, 0) is 4.74 Å². The van der Waals surface area contributed by atoms with Crippen LogP contribution in [0.3, 0.4) is 0 Å². The molecular formula is C23H25N3O5. The van der Waals surface area contributed by atoms with Gasteiger partial charge in [0.1, 0.15) is 0 Å². The SMILES string of the molecule is Cc1ccc(NC(=O)c2c(C)[n+]([O-])c3cc(C(=O)OCC(C)C)ccc3[n+]2[O-])c(C)c1. The van der Waals surface area contributed by atoms with Gasteiger partial charge in [-0.2, -0.15) is 4.73 Å². The molecule has 0 bridgehead atoms. The molecule has 2 aromatic carbocycles. The zero-order valence-corrected chi connectivity index (χ0v) is 18.2. The highest BCUT2D eigenvalue weighted by molar-refractivity contribution is 6.03. The fourth-order valence-electron chi connectivity index (χ4n) is 3.25. The minimum absolute atomic E-state index is 0.0189. The van der Waals surface area contributed by atoms with Gasteiger partial charge in [0.05, 0.1) is 12.2 Å². The maximum atomic E-state index is 13.0. The van der Waals surface area contributed by atoms with E-state index in [0.29, 0.717) is 15.1 Å². The number of rotatable bonds is 5. The van der Waals surface area contributed by atoms with Gasteiger partial charge in [-0.15, -0.1) is 4.73 Å². The lowest BCUT2D eigenvalue weighted by Crippen LogP contribution is -2.47. The molecule has 0 radical (unpaired) electrons. The number of hydrogen-bond acceptors (Lipinski definition) is 5. The fourth-order valence-corrected chi connectivity index (χ4v) is 3.25. The minimum Gasteiger partial charge on any atom is -0.618 e. The number of carbonyl (C=O) groups is 2. The van der Waals surface area contributed by atoms with Gasteiger partial charge in [-0.25, -0.2) is 4.79 Å². The summed E-state index contributed by atoms with van der Waals surface area (Å²) < 4.78 is 6.09. The Bertz CT molecular complexity index is 1190. The van der Waals surface area contributed by atoms with E-state index < -0.39 is 11.9 Å². The number of nitrogens with one attached hydrogen (secondary N) is 1. The number of aromatic nitrogens is 2. The van der Waals surface area contributed by atoms with Gasteiger partial charge in [0, 0.05) is 24.7 Å². The molecule has 31 heavy (non-hydrogen) atoms. The molecule has 1 aromatic heterocycles. The molecule has 162 valence electrons. The first kappa shape index (κ1) is 22.0. The smallest absolute Gasteiger partial charge is 0.351 e. The maximum Gasteiger partial charge on any atom is 0.351 e. The van der Waals surface area contributed by atoms with Crippen LogP contribution in [0.4, 0.5) is 5.69 Å². The zero-order valence-electron chi connectivity index (χ0n) is 18.2. The van der Waals surface area contributed by atoms with E-state index in [2.05, 4.69) is 5.32 Å². The summed E-state index contributed by atoms with van der Waals surface area (Å²) in [6.07, 6.45) is 0. The average molecular weight is 423 g/mol. The van der Waals surface area contributed by atoms with E-state index >= 15 is 0 Å². The van der Waals surface area contributed by atoms with Crippen molar-refractivity contribution in [1.29, 1.82) is 0 Å². The standard InChI is InChI=1S/C23H25N3O5/c1-13(2)12-31-23(28)17-7-9-19-20(11-17)25(29)16(5)21(26(19)30)22(27)24-18-8-6-14(3)10-15(18)4/h6-11,13H,12H2,1-5H3,(H,24,27). The molecule has 1 amide bonds. The van der Waals surface area contributed by atoms with Crippen molar-refractivity contribution in [1.82, 2.24) is 0 Å². The number of esters is 1. The van der Waals surface area contributed by atoms with Crippen molar-refractivity contribution in [3.8, 4) is 0 Å². The molecule has 1 N–H and O–H groups in total. The van der Waals surface area contributed by atoms with Gasteiger partial charge in [0.25, 0.3) is 16.7 Å². The number of hydrogen-bond donors (Lipinski definition) is 1. The number of fused-ring (bicyclic) bond motifs is 1. The van der Waals surface area contributed by atoms with Gasteiger partial charge in [0.15, 0.2) is 0 Å². The summed E-state index contributed by atoms with van der Waals surface area (Å²) in [4.78, 5) is 25.1. The van der Waals surface area contributed by atoms with Crippen LogP contribution in [0.25, 0.3) is 11.0 Å². The highest BCUT2D eigenvalue weighted by Crippen LogP contribution is 2.18. The van der Waals surface area contributed by atoms with Gasteiger partial charge in [-0.1, -0.05) is 31.5 Å². The number of amides is 1. The molecule has 0 fully saturated rings. The van der Waals surface area contributed by atoms with E-state index in [-0.39, 0.29) is 40.5 Å². The molecule has 0 unspecified atom stereocenters. The summed E-state index contributed by atoms with van der Waals surface area (Å²) >= 11 is 0. The van der Waals surface area contributed by atoms with E-state index in [9.17, 15) is 20.0 Å². The third-order valence-electron chi connectivity index (χ3n) is 4.89. The van der Waals surface area contributed by atoms with Crippen molar-refractivity contribution in [2.24, 2.45) is 5.92 Å². The van der Waals surface area contributed by atoms with E-state index in [1.807, 2.05) is 39.8 Å². The third kappa shape index (κ3) is 4.42. The lowest BCUT2D eigenvalue weighted by molar-refractivity contribution is -0.635. The third-order valence-corrected chi connectivity index (χ3v) is 4.89. The second-order valence-electron chi connectivity index (χ2n) is 7.99. The topological polar surface area (TPSA) is 109 Å². The van der Waals surface area contributed by atoms with Crippen LogP contribution < -0.4 is 14.8 Å². The molecule has 8 nitrogen and oxygen atoms in total. The van der Waals surface area contributed by atoms with E-state index in [0.717, 1.165) is 11.1 Å². The van der Waals surface area contributed by atoms with E-state index in [1.54, 1.807) is 6.07 Å². The molecule has 3 rings (SSSR count). The number of aryl methyl sites for hydroxylation is 2. The molecule has 3 aromatic rings. The van der Waals surface area contributed by atoms with Gasteiger partial charge < -0.3 is 20.5 Å². The minimum atomic E-state index is -0.689. The summed E-state index contributed by atoms with van der Waals surface area (Å²) in [5, 5.41) is 28.5. The Morgan fingerprint density at radius 1 is 1.00 bits per heavy atom. The fraction of sp³-hybridized carbons (Fsp3) is 0.304. The van der Waals surface area contributed by atoms with Crippen molar-refractivity contribution < 1.29 is 23.8 Å². The Labute approximate surface area is 180 Å². The molecule has 0 aliphatic rings. The summed E-state index contributed by atoms with van der Waals surface area (Å²) in [5.41, 5.74) is 2.16. The summed E-state index contributed by atoms with van der Waals surface area (Å²) in [7, 11) is 0. The maximum absolute atomic E-state index is 13.0. The quantitative estimate of drug-likeness (QED) is 0.385. The predicted octanol–water partition coefficient (Wildman–Crippen LogP) is 3.10. The van der Waals surface area contributed by atoms with Gasteiger partial charge in [0.2, 0.25) is 0 Å². The van der Waals surface area contributed by atoms with Gasteiger partial charge in [-0.05, 0) is 37.5 Å². The summed E-state index contributed by atoms with van der Waals surface area (Å²) in [6, 6.07) is 9.54. The van der Waals surface area contributed by atoms with E-state index in [1.165, 1.54) is 25.1 Å². The lowest BCUT2D eigenvalue weighted by atomic mass is 10.1. The number of ether oxygens (including phenoxy) is 1. The van der Waals surface area contributed by atoms with Crippen LogP contribution >= 0.6 is 0 Å². The molecule has 8 heteroatoms. The largest absolute Gasteiger partial charge is 0.618 e. The Morgan fingerprint density at radius 2 is 1.71 bits per heavy atom. The predicted molar refractivity (Wildman–Crippen MR) is 116 cm³/mol. The Morgan fingerprint density at radius 3 is 2.35 bits per heavy atom. The Kier molecular flexibility index (Phi) is 6.10. The van der Waals surface area contributed by atoms with Crippen LogP contribution in [0.2, 0.25) is 0 Å². The van der Waals surface area contributed by atoms with Crippen molar-refractivity contribution in [2.45, 2.75) is 34.6 Å². The number of benzene rings is 2. The van der Waals surface area contributed by atoms with Crippen LogP contribution in [0.5, 0.6) is 0 Å². The molecule has 0 aliphatic carbocycles. The van der Waals surface area contributed by atoms with Crippen LogP contribution in [0.1, 0.15) is 51.5 Å². The Balaban J connectivity index is 2.01. The Hall–Kier alpha value is -3.68. The second kappa shape index (κ2) is 8.59. The summed E-state index contributed by atoms with van der Waals surface area (Å²) in [5.74, 6) is -1.10. The molecule has 0 saturated carbocycles. The number of nitrogens with zero attached hydrogens (tertiary/aromatic N) is 2. The molecule has 1 heterocycles. The van der Waals surface area contributed by atoms with Gasteiger partial charge >= 0.3 is 17.6 Å². The molecule has 0 saturated heterocycles.